The summed E-state index contributed by atoms with van der Waals surface area (Å²) in [4.78, 5) is 38.5. The average Bonchev–Trinajstić information content (AvgIpc) is 3.04. The molecule has 7 nitrogen and oxygen atoms in total. The Kier molecular flexibility index (Phi) is 7.44. The number of carbonyl (C=O) groups is 3. The molecule has 0 radical (unpaired) electrons. The van der Waals surface area contributed by atoms with E-state index in [9.17, 15) is 29.7 Å². The van der Waals surface area contributed by atoms with Gasteiger partial charge in [-0.2, -0.15) is 0 Å². The van der Waals surface area contributed by atoms with Gasteiger partial charge in [-0.05, 0) is 29.8 Å². The second-order valence-corrected chi connectivity index (χ2v) is 8.01. The largest absolute Gasteiger partial charge is 1.00 e. The molecular weight excluding hydrogens is 501 g/mol. The minimum Gasteiger partial charge on any atom is -0.507 e. The fourth-order valence-electron chi connectivity index (χ4n) is 3.66. The van der Waals surface area contributed by atoms with Gasteiger partial charge >= 0.3 is 35.5 Å². The molecule has 1 aliphatic heterocycles. The number of aromatic hydroxyl groups is 1. The van der Waals surface area contributed by atoms with E-state index < -0.39 is 29.5 Å². The van der Waals surface area contributed by atoms with Crippen LogP contribution in [-0.4, -0.2) is 33.0 Å². The number of amides is 1. The average molecular weight is 517 g/mol. The Morgan fingerprint density at radius 3 is 2.12 bits per heavy atom. The Labute approximate surface area is 219 Å². The quantitative estimate of drug-likeness (QED) is 0.209. The van der Waals surface area contributed by atoms with E-state index >= 15 is 0 Å². The van der Waals surface area contributed by atoms with Gasteiger partial charge in [-0.3, -0.25) is 14.5 Å². The van der Waals surface area contributed by atoms with Crippen LogP contribution in [0.2, 0.25) is 0 Å². The van der Waals surface area contributed by atoms with Gasteiger partial charge in [-0.25, -0.2) is 4.79 Å². The second kappa shape index (κ2) is 9.93. The number of carbonyl (C=O) groups excluding carboxylic acids is 2. The topological polar surface area (TPSA) is 115 Å². The molecule has 1 aliphatic rings. The molecule has 0 aromatic heterocycles. The SMILES string of the molecule is O=C1C(=O)N(c2ccc(C(=O)O)c(O)c2)C(c2ccc(Br)cc2)/C1=C(\O)c1ccccc1.[Na+]. The number of rotatable bonds is 4. The van der Waals surface area contributed by atoms with Gasteiger partial charge < -0.3 is 15.3 Å². The van der Waals surface area contributed by atoms with Gasteiger partial charge in [0.2, 0.25) is 0 Å². The number of aliphatic hydroxyl groups excluding tert-OH is 1. The van der Waals surface area contributed by atoms with Crippen molar-refractivity contribution in [2.45, 2.75) is 6.04 Å². The van der Waals surface area contributed by atoms with Gasteiger partial charge in [0, 0.05) is 21.8 Å². The molecule has 9 heteroatoms. The van der Waals surface area contributed by atoms with Crippen LogP contribution in [0.25, 0.3) is 5.76 Å². The van der Waals surface area contributed by atoms with Gasteiger partial charge in [0.1, 0.15) is 17.1 Å². The van der Waals surface area contributed by atoms with Crippen molar-refractivity contribution in [1.29, 1.82) is 0 Å². The van der Waals surface area contributed by atoms with E-state index in [1.54, 1.807) is 54.6 Å². The number of aliphatic hydroxyl groups is 1. The number of anilines is 1. The Morgan fingerprint density at radius 1 is 0.909 bits per heavy atom. The molecule has 3 aromatic carbocycles. The molecule has 0 aliphatic carbocycles. The Balaban J connectivity index is 0.00000306. The molecule has 160 valence electrons. The molecule has 1 amide bonds. The normalized spacial score (nSPS) is 17.0. The number of Topliss-reactive ketones (excluding diaryl/α,β-unsaturated/α-hetero) is 1. The van der Waals surface area contributed by atoms with E-state index in [-0.39, 0.29) is 52.1 Å². The van der Waals surface area contributed by atoms with Crippen LogP contribution in [0.4, 0.5) is 5.69 Å². The Bertz CT molecular complexity index is 1270. The molecule has 0 bridgehead atoms. The van der Waals surface area contributed by atoms with Crippen molar-refractivity contribution >= 4 is 45.0 Å². The molecule has 1 atom stereocenters. The molecule has 0 saturated carbocycles. The van der Waals surface area contributed by atoms with Gasteiger partial charge in [0.15, 0.2) is 0 Å². The van der Waals surface area contributed by atoms with Crippen molar-refractivity contribution in [3.63, 3.8) is 0 Å². The summed E-state index contributed by atoms with van der Waals surface area (Å²) in [5.74, 6) is -4.00. The third-order valence-electron chi connectivity index (χ3n) is 5.17. The van der Waals surface area contributed by atoms with Crippen molar-refractivity contribution in [2.75, 3.05) is 4.90 Å². The van der Waals surface area contributed by atoms with Crippen molar-refractivity contribution < 1.29 is 59.3 Å². The summed E-state index contributed by atoms with van der Waals surface area (Å²) < 4.78 is 0.782. The molecule has 1 unspecified atom stereocenters. The third kappa shape index (κ3) is 4.60. The van der Waals surface area contributed by atoms with Gasteiger partial charge in [0.05, 0.1) is 11.6 Å². The minimum atomic E-state index is -1.33. The first-order valence-corrected chi connectivity index (χ1v) is 10.3. The number of halogens is 1. The van der Waals surface area contributed by atoms with Crippen molar-refractivity contribution in [3.8, 4) is 5.75 Å². The van der Waals surface area contributed by atoms with Crippen molar-refractivity contribution in [2.24, 2.45) is 0 Å². The zero-order chi connectivity index (χ0) is 23.0. The van der Waals surface area contributed by atoms with E-state index in [0.29, 0.717) is 11.1 Å². The number of aromatic carboxylic acids is 1. The van der Waals surface area contributed by atoms with E-state index in [1.807, 2.05) is 0 Å². The van der Waals surface area contributed by atoms with Crippen molar-refractivity contribution in [3.05, 3.63) is 99.5 Å². The summed E-state index contributed by atoms with van der Waals surface area (Å²) in [5.41, 5.74) is 0.595. The van der Waals surface area contributed by atoms with Crippen LogP contribution in [0.3, 0.4) is 0 Å². The fourth-order valence-corrected chi connectivity index (χ4v) is 3.93. The first-order valence-electron chi connectivity index (χ1n) is 9.48. The number of phenols is 1. The number of benzene rings is 3. The predicted octanol–water partition coefficient (Wildman–Crippen LogP) is 1.48. The second-order valence-electron chi connectivity index (χ2n) is 7.09. The van der Waals surface area contributed by atoms with Crippen LogP contribution in [0.15, 0.2) is 82.8 Å². The molecule has 0 spiro atoms. The van der Waals surface area contributed by atoms with Crippen LogP contribution in [0.5, 0.6) is 5.75 Å². The first kappa shape index (κ1) is 24.7. The zero-order valence-electron chi connectivity index (χ0n) is 17.4. The summed E-state index contributed by atoms with van der Waals surface area (Å²) >= 11 is 3.35. The minimum absolute atomic E-state index is 0. The maximum Gasteiger partial charge on any atom is 1.00 e. The fraction of sp³-hybridized carbons (Fsp3) is 0.0417. The maximum atomic E-state index is 13.1. The number of hydrogen-bond acceptors (Lipinski definition) is 5. The van der Waals surface area contributed by atoms with Crippen LogP contribution in [0.1, 0.15) is 27.5 Å². The van der Waals surface area contributed by atoms with Crippen LogP contribution in [-0.2, 0) is 9.59 Å². The third-order valence-corrected chi connectivity index (χ3v) is 5.70. The monoisotopic (exact) mass is 516 g/mol. The summed E-state index contributed by atoms with van der Waals surface area (Å²) in [7, 11) is 0. The smallest absolute Gasteiger partial charge is 0.507 e. The molecular formula is C24H16BrNNaO6+. The molecule has 3 aromatic rings. The van der Waals surface area contributed by atoms with E-state index in [2.05, 4.69) is 15.9 Å². The number of carboxylic acids is 1. The molecule has 1 fully saturated rings. The van der Waals surface area contributed by atoms with E-state index in [4.69, 9.17) is 0 Å². The number of hydrogen-bond donors (Lipinski definition) is 3. The summed E-state index contributed by atoms with van der Waals surface area (Å²) in [6, 6.07) is 17.9. The van der Waals surface area contributed by atoms with Crippen molar-refractivity contribution in [1.82, 2.24) is 0 Å². The van der Waals surface area contributed by atoms with Crippen LogP contribution in [0, 0.1) is 0 Å². The summed E-state index contributed by atoms with van der Waals surface area (Å²) in [6.07, 6.45) is 0. The molecule has 33 heavy (non-hydrogen) atoms. The Hall–Kier alpha value is -2.91. The van der Waals surface area contributed by atoms with E-state index in [0.717, 1.165) is 21.5 Å². The molecule has 4 rings (SSSR count). The van der Waals surface area contributed by atoms with Gasteiger partial charge in [-0.15, -0.1) is 0 Å². The summed E-state index contributed by atoms with van der Waals surface area (Å²) in [6.45, 7) is 0. The number of nitrogens with zero attached hydrogens (tertiary/aromatic N) is 1. The first-order chi connectivity index (χ1) is 15.3. The van der Waals surface area contributed by atoms with Crippen LogP contribution < -0.4 is 34.5 Å². The van der Waals surface area contributed by atoms with Gasteiger partial charge in [0.25, 0.3) is 11.7 Å². The zero-order valence-corrected chi connectivity index (χ0v) is 21.0. The van der Waals surface area contributed by atoms with E-state index in [1.165, 1.54) is 6.07 Å². The molecule has 1 heterocycles. The standard InChI is InChI=1S/C24H16BrNO6.Na/c25-15-8-6-13(7-9-15)20-19(21(28)14-4-2-1-3-5-14)22(29)23(30)26(20)16-10-11-17(24(31)32)18(27)12-16;/h1-12,20,27-28H,(H,31,32);/q;+1/b21-19+;. The number of ketones is 1. The maximum absolute atomic E-state index is 13.1. The molecule has 3 N–H and O–H groups in total. The molecule has 1 saturated heterocycles. The number of carboxylic acid groups (broad SMARTS) is 1. The predicted molar refractivity (Wildman–Crippen MR) is 120 cm³/mol. The Morgan fingerprint density at radius 2 is 1.55 bits per heavy atom. The van der Waals surface area contributed by atoms with Crippen LogP contribution >= 0.6 is 15.9 Å². The van der Waals surface area contributed by atoms with Gasteiger partial charge in [-0.1, -0.05) is 58.4 Å². The summed E-state index contributed by atoms with van der Waals surface area (Å²) in [5, 5.41) is 30.3.